The van der Waals surface area contributed by atoms with Gasteiger partial charge in [-0.3, -0.25) is 4.79 Å². The molecular formula is C10H11BrO4. The zero-order valence-corrected chi connectivity index (χ0v) is 10.00. The minimum absolute atomic E-state index is 0.149. The number of benzene rings is 1. The molecule has 0 fully saturated rings. The molecule has 0 bridgehead atoms. The highest BCUT2D eigenvalue weighted by molar-refractivity contribution is 9.09. The number of hydrogen-bond acceptors (Lipinski definition) is 4. The number of halogens is 1. The lowest BCUT2D eigenvalue weighted by atomic mass is 10.1. The number of Topliss-reactive ketones (excluding diaryl/α,β-unsaturated/α-hetero) is 1. The topological polar surface area (TPSA) is 55.8 Å². The van der Waals surface area contributed by atoms with E-state index in [9.17, 15) is 9.90 Å². The summed E-state index contributed by atoms with van der Waals surface area (Å²) in [6.07, 6.45) is 0. The van der Waals surface area contributed by atoms with Crippen LogP contribution < -0.4 is 9.47 Å². The molecule has 0 aromatic heterocycles. The van der Waals surface area contributed by atoms with Crippen LogP contribution in [0, 0.1) is 0 Å². The minimum atomic E-state index is -0.214. The minimum Gasteiger partial charge on any atom is -0.504 e. The molecular weight excluding hydrogens is 264 g/mol. The number of carbonyl (C=O) groups is 1. The number of phenolic OH excluding ortho intramolecular Hbond substituents is 1. The number of methoxy groups -OCH3 is 2. The van der Waals surface area contributed by atoms with Gasteiger partial charge in [0.2, 0.25) is 5.75 Å². The molecule has 0 atom stereocenters. The highest BCUT2D eigenvalue weighted by Crippen LogP contribution is 2.38. The van der Waals surface area contributed by atoms with E-state index in [1.807, 2.05) is 0 Å². The second-order valence-corrected chi connectivity index (χ2v) is 3.31. The SMILES string of the molecule is COc1ccc(C(=O)CBr)c(O)c1OC. The molecule has 0 spiro atoms. The Balaban J connectivity index is 3.29. The first-order valence-electron chi connectivity index (χ1n) is 4.18. The molecule has 1 aromatic rings. The van der Waals surface area contributed by atoms with Gasteiger partial charge in [-0.2, -0.15) is 0 Å². The van der Waals surface area contributed by atoms with Crippen LogP contribution in [0.3, 0.4) is 0 Å². The molecule has 1 aromatic carbocycles. The number of carbonyl (C=O) groups excluding carboxylic acids is 1. The fourth-order valence-corrected chi connectivity index (χ4v) is 1.51. The number of aromatic hydroxyl groups is 1. The maximum absolute atomic E-state index is 11.4. The molecule has 4 nitrogen and oxygen atoms in total. The Morgan fingerprint density at radius 1 is 1.40 bits per heavy atom. The standard InChI is InChI=1S/C10H11BrO4/c1-14-8-4-3-6(7(12)5-11)9(13)10(8)15-2/h3-4,13H,5H2,1-2H3. The van der Waals surface area contributed by atoms with Crippen LogP contribution in [0.5, 0.6) is 17.2 Å². The number of phenols is 1. The zero-order chi connectivity index (χ0) is 11.4. The van der Waals surface area contributed by atoms with Crippen molar-refractivity contribution in [3.63, 3.8) is 0 Å². The van der Waals surface area contributed by atoms with Crippen LogP contribution in [0.25, 0.3) is 0 Å². The molecule has 0 aliphatic rings. The van der Waals surface area contributed by atoms with E-state index in [1.54, 1.807) is 6.07 Å². The summed E-state index contributed by atoms with van der Waals surface area (Å²) in [6.45, 7) is 0. The highest BCUT2D eigenvalue weighted by Gasteiger charge is 2.17. The first-order chi connectivity index (χ1) is 7.15. The number of rotatable bonds is 4. The lowest BCUT2D eigenvalue weighted by Gasteiger charge is -2.11. The van der Waals surface area contributed by atoms with E-state index in [-0.39, 0.29) is 28.2 Å². The molecule has 0 aliphatic heterocycles. The van der Waals surface area contributed by atoms with Crippen LogP contribution >= 0.6 is 15.9 Å². The molecule has 0 saturated heterocycles. The summed E-state index contributed by atoms with van der Waals surface area (Å²) in [4.78, 5) is 11.4. The van der Waals surface area contributed by atoms with Gasteiger partial charge in [-0.25, -0.2) is 0 Å². The van der Waals surface area contributed by atoms with Gasteiger partial charge in [0.15, 0.2) is 17.3 Å². The molecule has 0 unspecified atom stereocenters. The van der Waals surface area contributed by atoms with Crippen molar-refractivity contribution >= 4 is 21.7 Å². The average Bonchev–Trinajstić information content (AvgIpc) is 2.27. The van der Waals surface area contributed by atoms with Gasteiger partial charge in [-0.1, -0.05) is 15.9 Å². The quantitative estimate of drug-likeness (QED) is 0.674. The second kappa shape index (κ2) is 5.02. The van der Waals surface area contributed by atoms with E-state index >= 15 is 0 Å². The number of alkyl halides is 1. The van der Waals surface area contributed by atoms with Crippen LogP contribution in [-0.2, 0) is 0 Å². The summed E-state index contributed by atoms with van der Waals surface area (Å²) >= 11 is 3.03. The summed E-state index contributed by atoms with van der Waals surface area (Å²) in [5.74, 6) is 0.153. The molecule has 1 N–H and O–H groups in total. The van der Waals surface area contributed by atoms with Crippen LogP contribution in [-0.4, -0.2) is 30.4 Å². The van der Waals surface area contributed by atoms with Crippen LogP contribution in [0.2, 0.25) is 0 Å². The largest absolute Gasteiger partial charge is 0.504 e. The number of hydrogen-bond donors (Lipinski definition) is 1. The van der Waals surface area contributed by atoms with Crippen molar-refractivity contribution in [3.8, 4) is 17.2 Å². The van der Waals surface area contributed by atoms with Gasteiger partial charge >= 0.3 is 0 Å². The van der Waals surface area contributed by atoms with E-state index in [0.717, 1.165) is 0 Å². The third-order valence-corrected chi connectivity index (χ3v) is 2.45. The number of ether oxygens (including phenoxy) is 2. The Morgan fingerprint density at radius 2 is 2.07 bits per heavy atom. The predicted octanol–water partition coefficient (Wildman–Crippen LogP) is 1.99. The van der Waals surface area contributed by atoms with Crippen LogP contribution in [0.15, 0.2) is 12.1 Å². The van der Waals surface area contributed by atoms with E-state index in [1.165, 1.54) is 20.3 Å². The zero-order valence-electron chi connectivity index (χ0n) is 8.41. The normalized spacial score (nSPS) is 9.80. The average molecular weight is 275 g/mol. The Bertz CT molecular complexity index is 376. The Labute approximate surface area is 95.9 Å². The Kier molecular flexibility index (Phi) is 3.96. The van der Waals surface area contributed by atoms with E-state index in [0.29, 0.717) is 5.75 Å². The summed E-state index contributed by atoms with van der Waals surface area (Å²) < 4.78 is 9.94. The monoisotopic (exact) mass is 274 g/mol. The maximum atomic E-state index is 11.4. The second-order valence-electron chi connectivity index (χ2n) is 2.75. The van der Waals surface area contributed by atoms with Crippen molar-refractivity contribution < 1.29 is 19.4 Å². The molecule has 0 radical (unpaired) electrons. The van der Waals surface area contributed by atoms with Crippen molar-refractivity contribution in [2.45, 2.75) is 0 Å². The van der Waals surface area contributed by atoms with Gasteiger partial charge in [-0.05, 0) is 12.1 Å². The molecule has 82 valence electrons. The van der Waals surface area contributed by atoms with E-state index < -0.39 is 0 Å². The fraction of sp³-hybridized carbons (Fsp3) is 0.300. The molecule has 1 rings (SSSR count). The van der Waals surface area contributed by atoms with Crippen molar-refractivity contribution in [2.24, 2.45) is 0 Å². The molecule has 5 heteroatoms. The molecule has 0 amide bonds. The Morgan fingerprint density at radius 3 is 2.53 bits per heavy atom. The summed E-state index contributed by atoms with van der Waals surface area (Å²) in [7, 11) is 2.86. The van der Waals surface area contributed by atoms with Crippen molar-refractivity contribution in [3.05, 3.63) is 17.7 Å². The maximum Gasteiger partial charge on any atom is 0.203 e. The molecule has 0 saturated carbocycles. The molecule has 15 heavy (non-hydrogen) atoms. The van der Waals surface area contributed by atoms with Crippen molar-refractivity contribution in [1.82, 2.24) is 0 Å². The summed E-state index contributed by atoms with van der Waals surface area (Å²) in [5.41, 5.74) is 0.213. The van der Waals surface area contributed by atoms with Gasteiger partial charge in [0, 0.05) is 0 Å². The van der Waals surface area contributed by atoms with E-state index in [4.69, 9.17) is 9.47 Å². The fourth-order valence-electron chi connectivity index (χ4n) is 1.21. The van der Waals surface area contributed by atoms with Gasteiger partial charge in [0.05, 0.1) is 25.1 Å². The van der Waals surface area contributed by atoms with Crippen molar-refractivity contribution in [2.75, 3.05) is 19.5 Å². The predicted molar refractivity (Wildman–Crippen MR) is 59.3 cm³/mol. The third kappa shape index (κ3) is 2.23. The molecule has 0 aliphatic carbocycles. The molecule has 0 heterocycles. The first-order valence-corrected chi connectivity index (χ1v) is 5.31. The van der Waals surface area contributed by atoms with Gasteiger partial charge in [0.1, 0.15) is 0 Å². The van der Waals surface area contributed by atoms with Gasteiger partial charge in [0.25, 0.3) is 0 Å². The van der Waals surface area contributed by atoms with Gasteiger partial charge in [-0.15, -0.1) is 0 Å². The Hall–Kier alpha value is -1.23. The van der Waals surface area contributed by atoms with Crippen LogP contribution in [0.1, 0.15) is 10.4 Å². The lowest BCUT2D eigenvalue weighted by molar-refractivity contribution is 0.102. The first kappa shape index (κ1) is 11.8. The summed E-state index contributed by atoms with van der Waals surface area (Å²) in [6, 6.07) is 3.08. The van der Waals surface area contributed by atoms with Gasteiger partial charge < -0.3 is 14.6 Å². The smallest absolute Gasteiger partial charge is 0.203 e. The summed E-state index contributed by atoms with van der Waals surface area (Å²) in [5, 5.41) is 9.90. The van der Waals surface area contributed by atoms with Crippen molar-refractivity contribution in [1.29, 1.82) is 0 Å². The van der Waals surface area contributed by atoms with Crippen LogP contribution in [0.4, 0.5) is 0 Å². The van der Waals surface area contributed by atoms with E-state index in [2.05, 4.69) is 15.9 Å². The number of ketones is 1. The lowest BCUT2D eigenvalue weighted by Crippen LogP contribution is -2.02. The third-order valence-electron chi connectivity index (χ3n) is 1.94. The highest BCUT2D eigenvalue weighted by atomic mass is 79.9.